The van der Waals surface area contributed by atoms with Crippen molar-refractivity contribution in [3.05, 3.63) is 82.8 Å². The second-order valence-corrected chi connectivity index (χ2v) is 11.8. The van der Waals surface area contributed by atoms with Crippen LogP contribution in [-0.2, 0) is 42.0 Å². The summed E-state index contributed by atoms with van der Waals surface area (Å²) in [4.78, 5) is 6.29. The maximum atomic E-state index is 13.3. The van der Waals surface area contributed by atoms with E-state index in [4.69, 9.17) is 5.14 Å². The monoisotopic (exact) mass is 532 g/mol. The predicted molar refractivity (Wildman–Crippen MR) is 135 cm³/mol. The van der Waals surface area contributed by atoms with E-state index in [1.54, 1.807) is 10.6 Å². The van der Waals surface area contributed by atoms with E-state index in [9.17, 15) is 21.6 Å². The maximum absolute atomic E-state index is 13.3. The average molecular weight is 533 g/mol. The van der Waals surface area contributed by atoms with Crippen LogP contribution >= 0.6 is 0 Å². The predicted octanol–water partition coefficient (Wildman–Crippen LogP) is 4.39. The quantitative estimate of drug-likeness (QED) is 0.443. The smallest absolute Gasteiger partial charge is 0.336 e. The molecule has 0 radical (unpaired) electrons. The van der Waals surface area contributed by atoms with E-state index in [-0.39, 0.29) is 10.9 Å². The second-order valence-electron chi connectivity index (χ2n) is 10.3. The molecule has 0 amide bonds. The summed E-state index contributed by atoms with van der Waals surface area (Å²) in [6, 6.07) is 12.3. The van der Waals surface area contributed by atoms with Gasteiger partial charge in [-0.2, -0.15) is 13.2 Å². The number of likely N-dealkylation sites (tertiary alicyclic amines) is 1. The van der Waals surface area contributed by atoms with Gasteiger partial charge < -0.3 is 9.47 Å². The summed E-state index contributed by atoms with van der Waals surface area (Å²) in [7, 11) is -3.82. The van der Waals surface area contributed by atoms with Crippen molar-refractivity contribution >= 4 is 10.0 Å². The first kappa shape index (κ1) is 25.9. The lowest BCUT2D eigenvalue weighted by Crippen LogP contribution is -2.41. The number of hydrogen-bond acceptors (Lipinski definition) is 4. The molecule has 2 N–H and O–H groups in total. The van der Waals surface area contributed by atoms with Gasteiger partial charge in [-0.25, -0.2) is 18.5 Å². The van der Waals surface area contributed by atoms with Crippen LogP contribution in [0.4, 0.5) is 13.2 Å². The van der Waals surface area contributed by atoms with Gasteiger partial charge in [0.2, 0.25) is 0 Å². The van der Waals surface area contributed by atoms with Gasteiger partial charge in [-0.15, -0.1) is 0 Å². The highest BCUT2D eigenvalue weighted by Crippen LogP contribution is 2.42. The minimum absolute atomic E-state index is 0.143. The van der Waals surface area contributed by atoms with Crippen molar-refractivity contribution < 1.29 is 21.6 Å². The van der Waals surface area contributed by atoms with Crippen LogP contribution in [-0.4, -0.2) is 42.5 Å². The Kier molecular flexibility index (Phi) is 7.17. The van der Waals surface area contributed by atoms with Gasteiger partial charge in [0.25, 0.3) is 10.0 Å². The van der Waals surface area contributed by atoms with Gasteiger partial charge in [-0.1, -0.05) is 36.4 Å². The summed E-state index contributed by atoms with van der Waals surface area (Å²) in [6.07, 6.45) is 2.87. The van der Waals surface area contributed by atoms with E-state index in [1.807, 2.05) is 0 Å². The van der Waals surface area contributed by atoms with E-state index in [0.29, 0.717) is 18.9 Å². The zero-order chi connectivity index (χ0) is 26.2. The highest BCUT2D eigenvalue weighted by atomic mass is 32.2. The summed E-state index contributed by atoms with van der Waals surface area (Å²) in [5.41, 5.74) is 3.83. The summed E-state index contributed by atoms with van der Waals surface area (Å²) in [5, 5.41) is 4.99. The lowest BCUT2D eigenvalue weighted by Gasteiger charge is -2.35. The summed E-state index contributed by atoms with van der Waals surface area (Å²) in [6.45, 7) is 3.76. The molecular formula is C27H31F3N4O2S. The number of rotatable bonds is 9. The van der Waals surface area contributed by atoms with Crippen LogP contribution in [0.1, 0.15) is 46.6 Å². The first-order valence-corrected chi connectivity index (χ1v) is 14.2. The van der Waals surface area contributed by atoms with Crippen molar-refractivity contribution in [2.75, 3.05) is 19.6 Å². The molecule has 1 saturated heterocycles. The Labute approximate surface area is 215 Å². The molecule has 1 aliphatic carbocycles. The number of nitrogens with zero attached hydrogens (tertiary/aromatic N) is 3. The third-order valence-electron chi connectivity index (χ3n) is 7.60. The number of alkyl halides is 3. The first-order chi connectivity index (χ1) is 17.6. The van der Waals surface area contributed by atoms with Gasteiger partial charge in [0.05, 0.1) is 11.9 Å². The Hall–Kier alpha value is -2.69. The molecule has 2 aliphatic rings. The number of nitrogens with two attached hydrogens (primary N) is 1. The van der Waals surface area contributed by atoms with Crippen LogP contribution in [0.5, 0.6) is 0 Å². The summed E-state index contributed by atoms with van der Waals surface area (Å²) >= 11 is 0. The zero-order valence-electron chi connectivity index (χ0n) is 20.5. The summed E-state index contributed by atoms with van der Waals surface area (Å²) in [5.74, 6) is 0.549. The van der Waals surface area contributed by atoms with E-state index < -0.39 is 21.8 Å². The minimum atomic E-state index is -4.35. The standard InChI is InChI=1S/C27H31F3N4O2S/c28-27(29,30)23-6-1-4-20(12-23)14-25-22(16-33-10-3-11-33)15-21-8-7-19(13-24(21)25)5-2-9-34-17-26(32-18-34)37(31,35)36/h1,4,6-8,12-13,17-18,22,25H,2-3,5,9-11,14-16H2,(H2,31,35,36). The third-order valence-corrected chi connectivity index (χ3v) is 8.39. The van der Waals surface area contributed by atoms with E-state index >= 15 is 0 Å². The Bertz CT molecular complexity index is 1370. The van der Waals surface area contributed by atoms with E-state index in [2.05, 4.69) is 28.1 Å². The molecule has 1 aromatic heterocycles. The molecule has 0 spiro atoms. The highest BCUT2D eigenvalue weighted by Gasteiger charge is 2.35. The SMILES string of the molecule is NS(=O)(=O)c1cn(CCCc2ccc3c(c2)C(Cc2cccc(C(F)(F)F)c2)C(CN2CCC2)C3)cn1. The molecule has 2 atom stereocenters. The molecule has 1 fully saturated rings. The van der Waals surface area contributed by atoms with Crippen molar-refractivity contribution in [1.82, 2.24) is 14.5 Å². The van der Waals surface area contributed by atoms with Crippen LogP contribution in [0.15, 0.2) is 60.0 Å². The Morgan fingerprint density at radius 3 is 2.57 bits per heavy atom. The van der Waals surface area contributed by atoms with Crippen LogP contribution in [0, 0.1) is 5.92 Å². The molecule has 2 heterocycles. The van der Waals surface area contributed by atoms with Crippen LogP contribution in [0.3, 0.4) is 0 Å². The number of aromatic nitrogens is 2. The molecule has 3 aromatic rings. The van der Waals surface area contributed by atoms with Crippen LogP contribution in [0.2, 0.25) is 0 Å². The third kappa shape index (κ3) is 6.08. The van der Waals surface area contributed by atoms with Crippen LogP contribution in [0.25, 0.3) is 0 Å². The van der Waals surface area contributed by atoms with Crippen molar-refractivity contribution in [2.45, 2.75) is 55.8 Å². The van der Waals surface area contributed by atoms with Gasteiger partial charge in [-0.05, 0) is 85.3 Å². The van der Waals surface area contributed by atoms with Crippen molar-refractivity contribution in [1.29, 1.82) is 0 Å². The largest absolute Gasteiger partial charge is 0.416 e. The molecular weight excluding hydrogens is 501 g/mol. The van der Waals surface area contributed by atoms with Crippen molar-refractivity contribution in [3.8, 4) is 0 Å². The number of imidazole rings is 1. The van der Waals surface area contributed by atoms with Gasteiger partial charge in [-0.3, -0.25) is 0 Å². The lowest BCUT2D eigenvalue weighted by atomic mass is 9.85. The minimum Gasteiger partial charge on any atom is -0.336 e. The topological polar surface area (TPSA) is 81.2 Å². The number of aryl methyl sites for hydroxylation is 2. The molecule has 37 heavy (non-hydrogen) atoms. The first-order valence-electron chi connectivity index (χ1n) is 12.6. The summed E-state index contributed by atoms with van der Waals surface area (Å²) < 4.78 is 64.6. The van der Waals surface area contributed by atoms with Gasteiger partial charge in [0, 0.05) is 19.3 Å². The number of primary sulfonamides is 1. The number of sulfonamides is 1. The van der Waals surface area contributed by atoms with Crippen LogP contribution < -0.4 is 5.14 Å². The maximum Gasteiger partial charge on any atom is 0.416 e. The van der Waals surface area contributed by atoms with Gasteiger partial charge in [0.1, 0.15) is 0 Å². The molecule has 2 aromatic carbocycles. The van der Waals surface area contributed by atoms with Crippen molar-refractivity contribution in [3.63, 3.8) is 0 Å². The fourth-order valence-corrected chi connectivity index (χ4v) is 6.05. The molecule has 198 valence electrons. The zero-order valence-corrected chi connectivity index (χ0v) is 21.3. The van der Waals surface area contributed by atoms with Gasteiger partial charge in [0.15, 0.2) is 5.03 Å². The van der Waals surface area contributed by atoms with Gasteiger partial charge >= 0.3 is 6.18 Å². The number of fused-ring (bicyclic) bond motifs is 1. The van der Waals surface area contributed by atoms with E-state index in [0.717, 1.165) is 50.5 Å². The molecule has 1 aliphatic heterocycles. The molecule has 6 nitrogen and oxygen atoms in total. The highest BCUT2D eigenvalue weighted by molar-refractivity contribution is 7.89. The fraction of sp³-hybridized carbons (Fsp3) is 0.444. The second kappa shape index (κ2) is 10.2. The normalized spacial score (nSPS) is 20.1. The molecule has 0 bridgehead atoms. The molecule has 0 saturated carbocycles. The lowest BCUT2D eigenvalue weighted by molar-refractivity contribution is -0.137. The number of hydrogen-bond donors (Lipinski definition) is 1. The van der Waals surface area contributed by atoms with Crippen molar-refractivity contribution in [2.24, 2.45) is 11.1 Å². The average Bonchev–Trinajstić information content (AvgIpc) is 3.41. The number of benzene rings is 2. The van der Waals surface area contributed by atoms with E-state index in [1.165, 1.54) is 47.8 Å². The fourth-order valence-electron chi connectivity index (χ4n) is 5.58. The number of halogens is 3. The molecule has 5 rings (SSSR count). The molecule has 10 heteroatoms. The Balaban J connectivity index is 1.32. The molecule has 2 unspecified atom stereocenters. The Morgan fingerprint density at radius 2 is 1.89 bits per heavy atom. The Morgan fingerprint density at radius 1 is 1.08 bits per heavy atom.